The predicted molar refractivity (Wildman–Crippen MR) is 65.3 cm³/mol. The second-order valence-electron chi connectivity index (χ2n) is 4.42. The van der Waals surface area contributed by atoms with Crippen LogP contribution in [-0.2, 0) is 19.1 Å². The van der Waals surface area contributed by atoms with Gasteiger partial charge in [0.05, 0.1) is 14.2 Å². The molecule has 0 unspecified atom stereocenters. The fraction of sp³-hybridized carbons (Fsp3) is 0.538. The van der Waals surface area contributed by atoms with Gasteiger partial charge in [0.2, 0.25) is 0 Å². The molecule has 0 aromatic rings. The summed E-state index contributed by atoms with van der Waals surface area (Å²) in [6.07, 6.45) is 7.83. The van der Waals surface area contributed by atoms with E-state index in [1.165, 1.54) is 26.4 Å². The van der Waals surface area contributed by atoms with Crippen LogP contribution in [0.5, 0.6) is 0 Å². The molecule has 0 aromatic carbocycles. The zero-order valence-corrected chi connectivity index (χ0v) is 10.9. The van der Waals surface area contributed by atoms with E-state index in [0.29, 0.717) is 0 Å². The highest BCUT2D eigenvalue weighted by Gasteiger charge is 2.14. The lowest BCUT2D eigenvalue weighted by molar-refractivity contribution is -0.135. The maximum Gasteiger partial charge on any atom is 0.330 e. The Balaban J connectivity index is 4.12. The summed E-state index contributed by atoms with van der Waals surface area (Å²) in [7, 11) is 2.69. The molecule has 0 aliphatic rings. The molecule has 0 heterocycles. The fourth-order valence-electron chi connectivity index (χ4n) is 1.17. The topological polar surface area (TPSA) is 52.6 Å². The van der Waals surface area contributed by atoms with Crippen LogP contribution in [0.25, 0.3) is 0 Å². The first kappa shape index (κ1) is 15.4. The Morgan fingerprint density at radius 2 is 1.29 bits per heavy atom. The molecule has 4 heteroatoms. The quantitative estimate of drug-likeness (QED) is 0.528. The van der Waals surface area contributed by atoms with Crippen molar-refractivity contribution in [1.29, 1.82) is 0 Å². The van der Waals surface area contributed by atoms with Crippen LogP contribution in [0.4, 0.5) is 0 Å². The van der Waals surface area contributed by atoms with Crippen molar-refractivity contribution in [3.63, 3.8) is 0 Å². The average molecular weight is 240 g/mol. The van der Waals surface area contributed by atoms with Crippen LogP contribution in [0.2, 0.25) is 0 Å². The Labute approximate surface area is 102 Å². The third kappa shape index (κ3) is 8.25. The lowest BCUT2D eigenvalue weighted by Gasteiger charge is -2.20. The molecule has 0 radical (unpaired) electrons. The van der Waals surface area contributed by atoms with Gasteiger partial charge in [-0.15, -0.1) is 0 Å². The maximum atomic E-state index is 10.9. The SMILES string of the molecule is COC(=O)/C=C/CC(C)(C)C/C=C/C(=O)OC. The number of rotatable bonds is 6. The third-order valence-electron chi connectivity index (χ3n) is 2.25. The standard InChI is InChI=1S/C13H20O4/c1-13(2,9-5-7-11(14)16-3)10-6-8-12(15)17-4/h5-8H,9-10H2,1-4H3/b7-5+,8-6+. The zero-order valence-electron chi connectivity index (χ0n) is 10.9. The van der Waals surface area contributed by atoms with Crippen LogP contribution in [0.15, 0.2) is 24.3 Å². The van der Waals surface area contributed by atoms with Crippen LogP contribution >= 0.6 is 0 Å². The van der Waals surface area contributed by atoms with Gasteiger partial charge in [0.15, 0.2) is 0 Å². The minimum absolute atomic E-state index is 0.0188. The van der Waals surface area contributed by atoms with Gasteiger partial charge in [-0.25, -0.2) is 9.59 Å². The summed E-state index contributed by atoms with van der Waals surface area (Å²) < 4.78 is 8.98. The van der Waals surface area contributed by atoms with Gasteiger partial charge in [-0.3, -0.25) is 0 Å². The van der Waals surface area contributed by atoms with Crippen molar-refractivity contribution in [2.75, 3.05) is 14.2 Å². The van der Waals surface area contributed by atoms with Gasteiger partial charge in [0, 0.05) is 12.2 Å². The van der Waals surface area contributed by atoms with Crippen LogP contribution in [0.1, 0.15) is 26.7 Å². The van der Waals surface area contributed by atoms with Gasteiger partial charge in [0.1, 0.15) is 0 Å². The van der Waals surface area contributed by atoms with Crippen LogP contribution in [0, 0.1) is 5.41 Å². The van der Waals surface area contributed by atoms with Gasteiger partial charge in [0.25, 0.3) is 0 Å². The Morgan fingerprint density at radius 1 is 0.941 bits per heavy atom. The largest absolute Gasteiger partial charge is 0.466 e. The van der Waals surface area contributed by atoms with Gasteiger partial charge in [-0.1, -0.05) is 26.0 Å². The number of methoxy groups -OCH3 is 2. The molecule has 4 nitrogen and oxygen atoms in total. The van der Waals surface area contributed by atoms with E-state index in [1.807, 2.05) is 0 Å². The summed E-state index contributed by atoms with van der Waals surface area (Å²) >= 11 is 0. The van der Waals surface area contributed by atoms with Crippen LogP contribution < -0.4 is 0 Å². The summed E-state index contributed by atoms with van der Waals surface area (Å²) in [5.41, 5.74) is -0.0188. The number of ether oxygens (including phenoxy) is 2. The van der Waals surface area contributed by atoms with Crippen molar-refractivity contribution in [3.8, 4) is 0 Å². The monoisotopic (exact) mass is 240 g/mol. The molecule has 0 bridgehead atoms. The first-order valence-corrected chi connectivity index (χ1v) is 5.40. The smallest absolute Gasteiger partial charge is 0.330 e. The highest BCUT2D eigenvalue weighted by molar-refractivity contribution is 5.82. The summed E-state index contributed by atoms with van der Waals surface area (Å²) in [6.45, 7) is 4.10. The molecular weight excluding hydrogens is 220 g/mol. The van der Waals surface area contributed by atoms with Crippen molar-refractivity contribution in [2.24, 2.45) is 5.41 Å². The van der Waals surface area contributed by atoms with Crippen molar-refractivity contribution >= 4 is 11.9 Å². The van der Waals surface area contributed by atoms with Gasteiger partial charge in [-0.05, 0) is 18.3 Å². The lowest BCUT2D eigenvalue weighted by atomic mass is 9.85. The Morgan fingerprint density at radius 3 is 1.59 bits per heavy atom. The first-order valence-electron chi connectivity index (χ1n) is 5.40. The highest BCUT2D eigenvalue weighted by atomic mass is 16.5. The third-order valence-corrected chi connectivity index (χ3v) is 2.25. The molecule has 0 saturated carbocycles. The Kier molecular flexibility index (Phi) is 6.94. The summed E-state index contributed by atoms with van der Waals surface area (Å²) in [5, 5.41) is 0. The fourth-order valence-corrected chi connectivity index (χ4v) is 1.17. The number of carbonyl (C=O) groups excluding carboxylic acids is 2. The van der Waals surface area contributed by atoms with E-state index in [2.05, 4.69) is 23.3 Å². The van der Waals surface area contributed by atoms with E-state index in [4.69, 9.17) is 0 Å². The van der Waals surface area contributed by atoms with E-state index in [0.717, 1.165) is 12.8 Å². The molecule has 0 amide bonds. The summed E-state index contributed by atoms with van der Waals surface area (Å²) in [6, 6.07) is 0. The number of allylic oxidation sites excluding steroid dienone is 2. The number of carbonyl (C=O) groups is 2. The average Bonchev–Trinajstić information content (AvgIpc) is 2.27. The van der Waals surface area contributed by atoms with Gasteiger partial charge < -0.3 is 9.47 Å². The summed E-state index contributed by atoms with van der Waals surface area (Å²) in [5.74, 6) is -0.711. The van der Waals surface area contributed by atoms with Crippen molar-refractivity contribution < 1.29 is 19.1 Å². The minimum atomic E-state index is -0.356. The molecule has 17 heavy (non-hydrogen) atoms. The molecule has 0 rings (SSSR count). The molecule has 0 spiro atoms. The molecular formula is C13H20O4. The van der Waals surface area contributed by atoms with Crippen molar-refractivity contribution in [2.45, 2.75) is 26.7 Å². The van der Waals surface area contributed by atoms with E-state index in [1.54, 1.807) is 12.2 Å². The molecule has 0 aliphatic heterocycles. The lowest BCUT2D eigenvalue weighted by Crippen LogP contribution is -2.09. The van der Waals surface area contributed by atoms with E-state index >= 15 is 0 Å². The zero-order chi connectivity index (χ0) is 13.3. The number of hydrogen-bond acceptors (Lipinski definition) is 4. The molecule has 0 N–H and O–H groups in total. The molecule has 96 valence electrons. The van der Waals surface area contributed by atoms with Gasteiger partial charge in [-0.2, -0.15) is 0 Å². The van der Waals surface area contributed by atoms with Gasteiger partial charge >= 0.3 is 11.9 Å². The maximum absolute atomic E-state index is 10.9. The molecule has 0 saturated heterocycles. The molecule has 0 atom stereocenters. The molecule has 0 aliphatic carbocycles. The second-order valence-corrected chi connectivity index (χ2v) is 4.42. The number of esters is 2. The number of hydrogen-bond donors (Lipinski definition) is 0. The Hall–Kier alpha value is -1.58. The Bertz CT molecular complexity index is 283. The van der Waals surface area contributed by atoms with E-state index < -0.39 is 0 Å². The highest BCUT2D eigenvalue weighted by Crippen LogP contribution is 2.25. The molecule has 0 aromatic heterocycles. The normalized spacial score (nSPS) is 12.0. The first-order chi connectivity index (χ1) is 7.91. The van der Waals surface area contributed by atoms with Crippen LogP contribution in [-0.4, -0.2) is 26.2 Å². The van der Waals surface area contributed by atoms with Crippen molar-refractivity contribution in [1.82, 2.24) is 0 Å². The minimum Gasteiger partial charge on any atom is -0.466 e. The van der Waals surface area contributed by atoms with Crippen molar-refractivity contribution in [3.05, 3.63) is 24.3 Å². The van der Waals surface area contributed by atoms with Crippen LogP contribution in [0.3, 0.4) is 0 Å². The van der Waals surface area contributed by atoms with E-state index in [9.17, 15) is 9.59 Å². The predicted octanol–water partition coefficient (Wildman–Crippen LogP) is 2.25. The summed E-state index contributed by atoms with van der Waals surface area (Å²) in [4.78, 5) is 21.7. The van der Waals surface area contributed by atoms with E-state index in [-0.39, 0.29) is 17.4 Å². The second kappa shape index (κ2) is 7.65. The molecule has 0 fully saturated rings.